The van der Waals surface area contributed by atoms with E-state index in [0.717, 1.165) is 5.92 Å². The van der Waals surface area contributed by atoms with Crippen LogP contribution in [0.1, 0.15) is 35.4 Å². The number of aryl methyl sites for hydroxylation is 2. The van der Waals surface area contributed by atoms with Crippen LogP contribution in [0.25, 0.3) is 0 Å². The topological polar surface area (TPSA) is 0 Å². The van der Waals surface area contributed by atoms with E-state index in [-0.39, 0.29) is 0 Å². The summed E-state index contributed by atoms with van der Waals surface area (Å²) in [5.74, 6) is 0.739. The van der Waals surface area contributed by atoms with Crippen molar-refractivity contribution < 1.29 is 0 Å². The summed E-state index contributed by atoms with van der Waals surface area (Å²) in [7, 11) is 0. The Morgan fingerprint density at radius 1 is 0.647 bits per heavy atom. The summed E-state index contributed by atoms with van der Waals surface area (Å²) >= 11 is 0. The minimum absolute atomic E-state index is 0.739. The highest BCUT2D eigenvalue weighted by atomic mass is 14.2. The molecule has 0 amide bonds. The highest BCUT2D eigenvalue weighted by Crippen LogP contribution is 2.31. The molecular weight excluding hydrogens is 204 g/mol. The molecule has 0 heteroatoms. The van der Waals surface area contributed by atoms with Crippen molar-refractivity contribution in [1.29, 1.82) is 0 Å². The van der Waals surface area contributed by atoms with Gasteiger partial charge in [-0.2, -0.15) is 0 Å². The van der Waals surface area contributed by atoms with Crippen LogP contribution < -0.4 is 0 Å². The number of fused-ring (bicyclic) bond motifs is 1. The van der Waals surface area contributed by atoms with Crippen LogP contribution in [0.5, 0.6) is 0 Å². The van der Waals surface area contributed by atoms with Crippen LogP contribution in [0, 0.1) is 0 Å². The Hall–Kier alpha value is -1.56. The van der Waals surface area contributed by atoms with Gasteiger partial charge in [-0.1, -0.05) is 54.6 Å². The highest BCUT2D eigenvalue weighted by molar-refractivity contribution is 5.30. The van der Waals surface area contributed by atoms with E-state index >= 15 is 0 Å². The van der Waals surface area contributed by atoms with E-state index in [9.17, 15) is 0 Å². The average molecular weight is 222 g/mol. The lowest BCUT2D eigenvalue weighted by atomic mass is 9.91. The van der Waals surface area contributed by atoms with Crippen molar-refractivity contribution >= 4 is 0 Å². The summed E-state index contributed by atoms with van der Waals surface area (Å²) in [6, 6.07) is 19.9. The van der Waals surface area contributed by atoms with Gasteiger partial charge in [0.1, 0.15) is 0 Å². The number of benzene rings is 2. The Bertz CT molecular complexity index is 457. The Balaban J connectivity index is 1.82. The fourth-order valence-corrected chi connectivity index (χ4v) is 2.91. The molecule has 3 rings (SSSR count). The zero-order chi connectivity index (χ0) is 11.5. The molecule has 0 unspecified atom stereocenters. The highest BCUT2D eigenvalue weighted by Gasteiger charge is 2.16. The first-order valence-electron chi connectivity index (χ1n) is 6.55. The second-order valence-corrected chi connectivity index (χ2v) is 4.95. The van der Waals surface area contributed by atoms with Crippen LogP contribution in [0.15, 0.2) is 54.6 Å². The van der Waals surface area contributed by atoms with Gasteiger partial charge in [-0.3, -0.25) is 0 Å². The van der Waals surface area contributed by atoms with Crippen LogP contribution in [-0.2, 0) is 12.8 Å². The third kappa shape index (κ3) is 2.26. The van der Waals surface area contributed by atoms with Crippen molar-refractivity contribution in [3.05, 3.63) is 71.3 Å². The van der Waals surface area contributed by atoms with E-state index < -0.39 is 0 Å². The maximum Gasteiger partial charge on any atom is -0.0156 e. The molecule has 0 bridgehead atoms. The molecule has 0 heterocycles. The monoisotopic (exact) mass is 222 g/mol. The van der Waals surface area contributed by atoms with Crippen LogP contribution >= 0.6 is 0 Å². The zero-order valence-corrected chi connectivity index (χ0v) is 10.1. The normalized spacial score (nSPS) is 16.2. The molecule has 0 radical (unpaired) electrons. The summed E-state index contributed by atoms with van der Waals surface area (Å²) in [5, 5.41) is 0. The molecule has 0 spiro atoms. The lowest BCUT2D eigenvalue weighted by Crippen LogP contribution is -1.98. The molecule has 1 aliphatic rings. The van der Waals surface area contributed by atoms with Gasteiger partial charge in [-0.25, -0.2) is 0 Å². The maximum atomic E-state index is 2.29. The van der Waals surface area contributed by atoms with Gasteiger partial charge in [0.05, 0.1) is 0 Å². The van der Waals surface area contributed by atoms with E-state index in [4.69, 9.17) is 0 Å². The van der Waals surface area contributed by atoms with E-state index in [0.29, 0.717) is 0 Å². The molecule has 0 aromatic heterocycles. The fraction of sp³-hybridized carbons (Fsp3) is 0.294. The first kappa shape index (κ1) is 10.6. The van der Waals surface area contributed by atoms with Gasteiger partial charge >= 0.3 is 0 Å². The number of rotatable bonds is 1. The number of hydrogen-bond donors (Lipinski definition) is 0. The smallest absolute Gasteiger partial charge is 0.0156 e. The molecule has 86 valence electrons. The van der Waals surface area contributed by atoms with Gasteiger partial charge in [0, 0.05) is 0 Å². The summed E-state index contributed by atoms with van der Waals surface area (Å²) < 4.78 is 0. The lowest BCUT2D eigenvalue weighted by molar-refractivity contribution is 0.599. The Morgan fingerprint density at radius 3 is 1.76 bits per heavy atom. The Kier molecular flexibility index (Phi) is 2.96. The summed E-state index contributed by atoms with van der Waals surface area (Å²) in [6.45, 7) is 0. The predicted octanol–water partition coefficient (Wildman–Crippen LogP) is 4.35. The molecule has 0 saturated heterocycles. The van der Waals surface area contributed by atoms with Gasteiger partial charge in [0.25, 0.3) is 0 Å². The molecule has 0 saturated carbocycles. The van der Waals surface area contributed by atoms with E-state index in [1.54, 1.807) is 11.1 Å². The molecule has 0 fully saturated rings. The summed E-state index contributed by atoms with van der Waals surface area (Å²) in [6.07, 6.45) is 5.05. The first-order valence-corrected chi connectivity index (χ1v) is 6.55. The third-order valence-corrected chi connectivity index (χ3v) is 3.91. The molecule has 2 aromatic carbocycles. The largest absolute Gasteiger partial charge is 0.0622 e. The van der Waals surface area contributed by atoms with Gasteiger partial charge < -0.3 is 0 Å². The van der Waals surface area contributed by atoms with E-state index in [1.807, 2.05) is 0 Å². The Labute approximate surface area is 103 Å². The van der Waals surface area contributed by atoms with E-state index in [2.05, 4.69) is 54.6 Å². The third-order valence-electron chi connectivity index (χ3n) is 3.91. The quantitative estimate of drug-likeness (QED) is 0.629. The minimum atomic E-state index is 0.739. The molecule has 0 nitrogen and oxygen atoms in total. The molecule has 17 heavy (non-hydrogen) atoms. The van der Waals surface area contributed by atoms with Crippen LogP contribution in [0.4, 0.5) is 0 Å². The van der Waals surface area contributed by atoms with Gasteiger partial charge in [-0.05, 0) is 48.3 Å². The van der Waals surface area contributed by atoms with Crippen molar-refractivity contribution in [2.75, 3.05) is 0 Å². The lowest BCUT2D eigenvalue weighted by Gasteiger charge is -2.13. The van der Waals surface area contributed by atoms with Crippen LogP contribution in [0.3, 0.4) is 0 Å². The first-order chi connectivity index (χ1) is 8.43. The zero-order valence-electron chi connectivity index (χ0n) is 10.1. The van der Waals surface area contributed by atoms with Crippen molar-refractivity contribution in [3.8, 4) is 0 Å². The molecule has 0 aliphatic heterocycles. The average Bonchev–Trinajstić information content (AvgIpc) is 2.62. The molecule has 2 aromatic rings. The second-order valence-electron chi connectivity index (χ2n) is 4.95. The molecular formula is C17H18. The standard InChI is InChI=1S/C17H18/c1-2-6-14(7-3-1)17-12-10-15-8-4-5-9-16(15)11-13-17/h1-9,17H,10-13H2. The molecule has 0 atom stereocenters. The van der Waals surface area contributed by atoms with Crippen molar-refractivity contribution in [2.24, 2.45) is 0 Å². The fourth-order valence-electron chi connectivity index (χ4n) is 2.91. The van der Waals surface area contributed by atoms with Crippen LogP contribution in [-0.4, -0.2) is 0 Å². The van der Waals surface area contributed by atoms with Gasteiger partial charge in [0.2, 0.25) is 0 Å². The predicted molar refractivity (Wildman–Crippen MR) is 72.3 cm³/mol. The molecule has 0 N–H and O–H groups in total. The second kappa shape index (κ2) is 4.75. The summed E-state index contributed by atoms with van der Waals surface area (Å²) in [5.41, 5.74) is 4.64. The van der Waals surface area contributed by atoms with Crippen molar-refractivity contribution in [1.82, 2.24) is 0 Å². The SMILES string of the molecule is c1ccc(C2CCc3ccccc3CC2)cc1. The minimum Gasteiger partial charge on any atom is -0.0622 e. The van der Waals surface area contributed by atoms with Crippen molar-refractivity contribution in [2.45, 2.75) is 31.6 Å². The number of hydrogen-bond acceptors (Lipinski definition) is 0. The van der Waals surface area contributed by atoms with Crippen LogP contribution in [0.2, 0.25) is 0 Å². The Morgan fingerprint density at radius 2 is 1.18 bits per heavy atom. The van der Waals surface area contributed by atoms with Crippen molar-refractivity contribution in [3.63, 3.8) is 0 Å². The van der Waals surface area contributed by atoms with E-state index in [1.165, 1.54) is 31.2 Å². The summed E-state index contributed by atoms with van der Waals surface area (Å²) in [4.78, 5) is 0. The van der Waals surface area contributed by atoms with Gasteiger partial charge in [-0.15, -0.1) is 0 Å². The van der Waals surface area contributed by atoms with Gasteiger partial charge in [0.15, 0.2) is 0 Å². The maximum absolute atomic E-state index is 2.29. The molecule has 1 aliphatic carbocycles.